The number of nitriles is 1. The number of benzene rings is 2. The Hall–Kier alpha value is -3.23. The predicted octanol–water partition coefficient (Wildman–Crippen LogP) is 5.37. The first-order valence-corrected chi connectivity index (χ1v) is 10.5. The van der Waals surface area contributed by atoms with Crippen molar-refractivity contribution >= 4 is 17.4 Å². The van der Waals surface area contributed by atoms with Crippen LogP contribution >= 0.6 is 11.6 Å². The normalized spacial score (nSPS) is 20.1. The molecule has 6 heteroatoms. The summed E-state index contributed by atoms with van der Waals surface area (Å²) in [6.07, 6.45) is 0.968. The minimum Gasteiger partial charge on any atom is -0.489 e. The number of rotatable bonds is 4. The standard InChI is InChI=1S/C25H23ClN2O3/c1-25(2)11-19(29)23-21(12-25)31-24(28)18(13-27)22(23)17-5-3-4-6-20(17)30-14-15-7-9-16(26)10-8-15/h3-10,22H,11-12,14,28H2,1-2H3. The van der Waals surface area contributed by atoms with Gasteiger partial charge in [0.2, 0.25) is 5.88 Å². The molecule has 2 aromatic carbocycles. The Morgan fingerprint density at radius 2 is 1.90 bits per heavy atom. The molecule has 0 radical (unpaired) electrons. The van der Waals surface area contributed by atoms with Crippen LogP contribution in [-0.4, -0.2) is 5.78 Å². The van der Waals surface area contributed by atoms with Gasteiger partial charge in [-0.25, -0.2) is 0 Å². The molecule has 2 N–H and O–H groups in total. The van der Waals surface area contributed by atoms with E-state index in [4.69, 9.17) is 26.8 Å². The third-order valence-electron chi connectivity index (χ3n) is 5.61. The molecule has 1 aliphatic carbocycles. The summed E-state index contributed by atoms with van der Waals surface area (Å²) in [7, 11) is 0. The van der Waals surface area contributed by atoms with E-state index < -0.39 is 5.92 Å². The van der Waals surface area contributed by atoms with Crippen LogP contribution < -0.4 is 10.5 Å². The van der Waals surface area contributed by atoms with E-state index >= 15 is 0 Å². The van der Waals surface area contributed by atoms with Gasteiger partial charge in [-0.15, -0.1) is 0 Å². The second-order valence-electron chi connectivity index (χ2n) is 8.66. The van der Waals surface area contributed by atoms with Gasteiger partial charge >= 0.3 is 0 Å². The summed E-state index contributed by atoms with van der Waals surface area (Å²) in [5.74, 6) is 0.552. The molecule has 1 aliphatic heterocycles. The van der Waals surface area contributed by atoms with Gasteiger partial charge in [0.25, 0.3) is 0 Å². The Morgan fingerprint density at radius 3 is 2.61 bits per heavy atom. The molecule has 0 saturated carbocycles. The first kappa shape index (κ1) is 21.0. The van der Waals surface area contributed by atoms with E-state index in [2.05, 4.69) is 6.07 Å². The lowest BCUT2D eigenvalue weighted by Gasteiger charge is -2.37. The number of hydrogen-bond acceptors (Lipinski definition) is 5. The molecule has 5 nitrogen and oxygen atoms in total. The summed E-state index contributed by atoms with van der Waals surface area (Å²) >= 11 is 5.96. The van der Waals surface area contributed by atoms with Gasteiger partial charge in [0.15, 0.2) is 5.78 Å². The zero-order valence-corrected chi connectivity index (χ0v) is 18.2. The SMILES string of the molecule is CC1(C)CC(=O)C2=C(C1)OC(N)=C(C#N)C2c1ccccc1OCc1ccc(Cl)cc1. The minimum absolute atomic E-state index is 0.0241. The fraction of sp³-hybridized carbons (Fsp3) is 0.280. The van der Waals surface area contributed by atoms with E-state index in [9.17, 15) is 10.1 Å². The second-order valence-corrected chi connectivity index (χ2v) is 9.09. The molecule has 0 bridgehead atoms. The molecule has 0 spiro atoms. The largest absolute Gasteiger partial charge is 0.489 e. The van der Waals surface area contributed by atoms with E-state index in [0.717, 1.165) is 11.1 Å². The number of carbonyl (C=O) groups excluding carboxylic acids is 1. The Morgan fingerprint density at radius 1 is 1.19 bits per heavy atom. The maximum absolute atomic E-state index is 13.2. The maximum Gasteiger partial charge on any atom is 0.205 e. The average Bonchev–Trinajstić information content (AvgIpc) is 2.71. The first-order chi connectivity index (χ1) is 14.8. The third-order valence-corrected chi connectivity index (χ3v) is 5.87. The highest BCUT2D eigenvalue weighted by molar-refractivity contribution is 6.30. The molecule has 158 valence electrons. The van der Waals surface area contributed by atoms with E-state index in [-0.39, 0.29) is 22.7 Å². The monoisotopic (exact) mass is 434 g/mol. The van der Waals surface area contributed by atoms with Gasteiger partial charge < -0.3 is 15.2 Å². The number of ketones is 1. The number of nitrogens with zero attached hydrogens (tertiary/aromatic N) is 1. The lowest BCUT2D eigenvalue weighted by atomic mass is 9.70. The van der Waals surface area contributed by atoms with Crippen molar-refractivity contribution in [2.45, 2.75) is 39.2 Å². The van der Waals surface area contributed by atoms with Crippen molar-refractivity contribution < 1.29 is 14.3 Å². The molecule has 4 rings (SSSR count). The highest BCUT2D eigenvalue weighted by Crippen LogP contribution is 2.49. The van der Waals surface area contributed by atoms with Crippen LogP contribution in [0, 0.1) is 16.7 Å². The second kappa shape index (κ2) is 8.13. The van der Waals surface area contributed by atoms with Gasteiger partial charge in [0.05, 0.1) is 5.92 Å². The van der Waals surface area contributed by atoms with E-state index in [1.54, 1.807) is 12.1 Å². The number of carbonyl (C=O) groups is 1. The fourth-order valence-electron chi connectivity index (χ4n) is 4.19. The van der Waals surface area contributed by atoms with Crippen LogP contribution in [0.4, 0.5) is 0 Å². The summed E-state index contributed by atoms with van der Waals surface area (Å²) in [5.41, 5.74) is 8.31. The Balaban J connectivity index is 1.75. The minimum atomic E-state index is -0.612. The average molecular weight is 435 g/mol. The fourth-order valence-corrected chi connectivity index (χ4v) is 4.31. The number of ether oxygens (including phenoxy) is 2. The highest BCUT2D eigenvalue weighted by Gasteiger charge is 2.43. The van der Waals surface area contributed by atoms with Gasteiger partial charge in [-0.2, -0.15) is 5.26 Å². The number of nitrogens with two attached hydrogens (primary N) is 1. The molecule has 31 heavy (non-hydrogen) atoms. The topological polar surface area (TPSA) is 85.3 Å². The third kappa shape index (κ3) is 4.17. The molecule has 0 aromatic heterocycles. The smallest absolute Gasteiger partial charge is 0.205 e. The molecule has 0 fully saturated rings. The van der Waals surface area contributed by atoms with E-state index in [1.807, 2.05) is 50.2 Å². The molecule has 1 heterocycles. The summed E-state index contributed by atoms with van der Waals surface area (Å²) in [4.78, 5) is 13.2. The maximum atomic E-state index is 13.2. The van der Waals surface area contributed by atoms with E-state index in [1.165, 1.54) is 0 Å². The summed E-state index contributed by atoms with van der Waals surface area (Å²) < 4.78 is 11.9. The number of halogens is 1. The number of Topliss-reactive ketones (excluding diaryl/α,β-unsaturated/α-hetero) is 1. The highest BCUT2D eigenvalue weighted by atomic mass is 35.5. The summed E-state index contributed by atoms with van der Waals surface area (Å²) in [6, 6.07) is 17.0. The van der Waals surface area contributed by atoms with Crippen LogP contribution in [0.25, 0.3) is 0 Å². The van der Waals surface area contributed by atoms with E-state index in [0.29, 0.717) is 41.6 Å². The van der Waals surface area contributed by atoms with Crippen molar-refractivity contribution in [3.8, 4) is 11.8 Å². The van der Waals surface area contributed by atoms with Crippen molar-refractivity contribution in [2.24, 2.45) is 11.1 Å². The molecular formula is C25H23ClN2O3. The molecule has 2 aliphatic rings. The lowest BCUT2D eigenvalue weighted by Crippen LogP contribution is -2.33. The Labute approximate surface area is 186 Å². The number of hydrogen-bond donors (Lipinski definition) is 1. The van der Waals surface area contributed by atoms with Crippen molar-refractivity contribution in [3.63, 3.8) is 0 Å². The van der Waals surface area contributed by atoms with Crippen LogP contribution in [0.3, 0.4) is 0 Å². The number of allylic oxidation sites excluding steroid dienone is 3. The number of para-hydroxylation sites is 1. The summed E-state index contributed by atoms with van der Waals surface area (Å²) in [6.45, 7) is 4.37. The molecule has 0 amide bonds. The van der Waals surface area contributed by atoms with Crippen molar-refractivity contribution in [2.75, 3.05) is 0 Å². The van der Waals surface area contributed by atoms with Crippen LogP contribution in [-0.2, 0) is 16.1 Å². The summed E-state index contributed by atoms with van der Waals surface area (Å²) in [5, 5.41) is 10.5. The lowest BCUT2D eigenvalue weighted by molar-refractivity contribution is -0.119. The van der Waals surface area contributed by atoms with Crippen LogP contribution in [0.15, 0.2) is 71.3 Å². The van der Waals surface area contributed by atoms with Crippen LogP contribution in [0.5, 0.6) is 5.75 Å². The van der Waals surface area contributed by atoms with Gasteiger partial charge in [0, 0.05) is 29.0 Å². The van der Waals surface area contributed by atoms with Crippen LogP contribution in [0.1, 0.15) is 43.7 Å². The molecule has 0 saturated heterocycles. The Bertz CT molecular complexity index is 1140. The van der Waals surface area contributed by atoms with Crippen LogP contribution in [0.2, 0.25) is 5.02 Å². The molecule has 1 unspecified atom stereocenters. The van der Waals surface area contributed by atoms with Crippen molar-refractivity contribution in [3.05, 3.63) is 87.5 Å². The van der Waals surface area contributed by atoms with Crippen molar-refractivity contribution in [1.29, 1.82) is 5.26 Å². The predicted molar refractivity (Wildman–Crippen MR) is 118 cm³/mol. The quantitative estimate of drug-likeness (QED) is 0.699. The first-order valence-electron chi connectivity index (χ1n) is 10.1. The van der Waals surface area contributed by atoms with Gasteiger partial charge in [-0.3, -0.25) is 4.79 Å². The van der Waals surface area contributed by atoms with Crippen molar-refractivity contribution in [1.82, 2.24) is 0 Å². The zero-order valence-electron chi connectivity index (χ0n) is 17.4. The van der Waals surface area contributed by atoms with Gasteiger partial charge in [0.1, 0.15) is 29.8 Å². The zero-order chi connectivity index (χ0) is 22.2. The molecular weight excluding hydrogens is 412 g/mol. The van der Waals surface area contributed by atoms with Gasteiger partial charge in [-0.05, 0) is 29.2 Å². The molecule has 2 aromatic rings. The molecule has 1 atom stereocenters. The Kier molecular flexibility index (Phi) is 5.51. The van der Waals surface area contributed by atoms with Gasteiger partial charge in [-0.1, -0.05) is 55.8 Å².